The summed E-state index contributed by atoms with van der Waals surface area (Å²) in [7, 11) is 0. The molecule has 0 aromatic carbocycles. The van der Waals surface area contributed by atoms with Gasteiger partial charge in [0.2, 0.25) is 0 Å². The first-order valence-corrected chi connectivity index (χ1v) is 2.65. The maximum Gasteiger partial charge on any atom is 0.0997 e. The van der Waals surface area contributed by atoms with E-state index in [4.69, 9.17) is 0 Å². The van der Waals surface area contributed by atoms with Gasteiger partial charge in [-0.15, -0.1) is 5.69 Å². The molecule has 0 aliphatic heterocycles. The fourth-order valence-electron chi connectivity index (χ4n) is 0.667. The zero-order valence-electron chi connectivity index (χ0n) is 5.93. The maximum absolute atomic E-state index is 10.6. The van der Waals surface area contributed by atoms with Crippen LogP contribution in [0.4, 0.5) is 0 Å². The van der Waals surface area contributed by atoms with Crippen molar-refractivity contribution in [1.82, 2.24) is 9.97 Å². The normalized spacial score (nSPS) is 8.60. The summed E-state index contributed by atoms with van der Waals surface area (Å²) in [5.41, 5.74) is 0.427. The van der Waals surface area contributed by atoms with Crippen LogP contribution in [-0.4, -0.2) is 9.97 Å². The van der Waals surface area contributed by atoms with Crippen LogP contribution in [0.15, 0.2) is 4.79 Å². The summed E-state index contributed by atoms with van der Waals surface area (Å²) in [6.45, 7) is 3.48. The molecular weight excluding hydrogens is 205 g/mol. The third kappa shape index (κ3) is 2.71. The average molecular weight is 212 g/mol. The van der Waals surface area contributed by atoms with Gasteiger partial charge in [0, 0.05) is 32.7 Å². The molecule has 1 radical (unpaired) electrons. The molecule has 3 nitrogen and oxygen atoms in total. The van der Waals surface area contributed by atoms with Crippen LogP contribution in [0.2, 0.25) is 0 Å². The fourth-order valence-corrected chi connectivity index (χ4v) is 0.667. The van der Waals surface area contributed by atoms with E-state index in [2.05, 4.69) is 16.0 Å². The SMILES string of the molecule is Cc1[c-]c(=O)[nH]c(C)n1.[Y]. The summed E-state index contributed by atoms with van der Waals surface area (Å²) >= 11 is 0. The van der Waals surface area contributed by atoms with Crippen molar-refractivity contribution < 1.29 is 32.7 Å². The molecule has 0 spiro atoms. The Balaban J connectivity index is 0.000000810. The molecule has 0 unspecified atom stereocenters. The van der Waals surface area contributed by atoms with E-state index in [1.807, 2.05) is 0 Å². The summed E-state index contributed by atoms with van der Waals surface area (Å²) in [6, 6.07) is 2.49. The van der Waals surface area contributed by atoms with Crippen molar-refractivity contribution in [2.75, 3.05) is 0 Å². The predicted molar refractivity (Wildman–Crippen MR) is 33.2 cm³/mol. The zero-order chi connectivity index (χ0) is 6.85. The van der Waals surface area contributed by atoms with Crippen LogP contribution >= 0.6 is 0 Å². The fraction of sp³-hybridized carbons (Fsp3) is 0.333. The van der Waals surface area contributed by atoms with E-state index in [9.17, 15) is 4.79 Å². The maximum atomic E-state index is 10.6. The van der Waals surface area contributed by atoms with Crippen LogP contribution < -0.4 is 5.56 Å². The van der Waals surface area contributed by atoms with Crippen LogP contribution in [0.5, 0.6) is 0 Å². The molecule has 0 bridgehead atoms. The number of nitrogens with zero attached hydrogens (tertiary/aromatic N) is 1. The molecule has 10 heavy (non-hydrogen) atoms. The summed E-state index contributed by atoms with van der Waals surface area (Å²) in [5, 5.41) is 0. The summed E-state index contributed by atoms with van der Waals surface area (Å²) in [6.07, 6.45) is 0. The van der Waals surface area contributed by atoms with Crippen LogP contribution in [0.3, 0.4) is 0 Å². The summed E-state index contributed by atoms with van der Waals surface area (Å²) < 4.78 is 0. The molecule has 4 heteroatoms. The molecule has 0 atom stereocenters. The van der Waals surface area contributed by atoms with Crippen molar-refractivity contribution >= 4 is 0 Å². The first-order valence-electron chi connectivity index (χ1n) is 2.65. The molecule has 0 saturated heterocycles. The molecule has 0 fully saturated rings. The number of aromatic nitrogens is 2. The Morgan fingerprint density at radius 1 is 1.50 bits per heavy atom. The Morgan fingerprint density at radius 2 is 2.10 bits per heavy atom. The van der Waals surface area contributed by atoms with E-state index in [1.54, 1.807) is 13.8 Å². The number of nitrogens with one attached hydrogen (secondary N) is 1. The minimum absolute atomic E-state index is 0. The second-order valence-corrected chi connectivity index (χ2v) is 1.86. The van der Waals surface area contributed by atoms with E-state index < -0.39 is 0 Å². The van der Waals surface area contributed by atoms with Gasteiger partial charge in [-0.2, -0.15) is 0 Å². The summed E-state index contributed by atoms with van der Waals surface area (Å²) in [5.74, 6) is 0.635. The monoisotopic (exact) mass is 212 g/mol. The number of hydrogen-bond donors (Lipinski definition) is 1. The first kappa shape index (κ1) is 9.98. The third-order valence-corrected chi connectivity index (χ3v) is 0.924. The minimum atomic E-state index is -0.208. The Bertz CT molecular complexity index is 245. The standard InChI is InChI=1S/C6H7N2O.Y/c1-4-3-6(9)8-5(2)7-4;/h1-2H3,(H,7,8,9);/q-1;. The van der Waals surface area contributed by atoms with Crippen molar-refractivity contribution in [3.05, 3.63) is 27.9 Å². The quantitative estimate of drug-likeness (QED) is 0.623. The molecule has 51 valence electrons. The van der Waals surface area contributed by atoms with Gasteiger partial charge in [0.1, 0.15) is 0 Å². The Labute approximate surface area is 84.1 Å². The van der Waals surface area contributed by atoms with Crippen molar-refractivity contribution in [2.45, 2.75) is 13.8 Å². The molecule has 1 rings (SSSR count). The molecule has 1 aromatic heterocycles. The van der Waals surface area contributed by atoms with Crippen molar-refractivity contribution in [1.29, 1.82) is 0 Å². The number of hydrogen-bond acceptors (Lipinski definition) is 2. The second-order valence-electron chi connectivity index (χ2n) is 1.86. The van der Waals surface area contributed by atoms with E-state index in [-0.39, 0.29) is 38.3 Å². The van der Waals surface area contributed by atoms with E-state index in [1.165, 1.54) is 0 Å². The second kappa shape index (κ2) is 3.99. The van der Waals surface area contributed by atoms with E-state index in [0.717, 1.165) is 0 Å². The van der Waals surface area contributed by atoms with Crippen LogP contribution in [0, 0.1) is 19.9 Å². The van der Waals surface area contributed by atoms with Crippen molar-refractivity contribution in [3.8, 4) is 0 Å². The molecule has 0 amide bonds. The first-order chi connectivity index (χ1) is 4.18. The number of aromatic amines is 1. The van der Waals surface area contributed by atoms with Gasteiger partial charge in [0.05, 0.1) is 11.4 Å². The molecule has 0 aliphatic rings. The van der Waals surface area contributed by atoms with Gasteiger partial charge < -0.3 is 15.8 Å². The van der Waals surface area contributed by atoms with Gasteiger partial charge in [-0.05, 0) is 6.92 Å². The predicted octanol–water partition coefficient (Wildman–Crippen LogP) is 0.184. The van der Waals surface area contributed by atoms with Crippen LogP contribution in [-0.2, 0) is 32.7 Å². The minimum Gasteiger partial charge on any atom is -0.381 e. The van der Waals surface area contributed by atoms with Gasteiger partial charge in [0.15, 0.2) is 0 Å². The van der Waals surface area contributed by atoms with Gasteiger partial charge in [-0.3, -0.25) is 4.98 Å². The number of H-pyrrole nitrogens is 1. The summed E-state index contributed by atoms with van der Waals surface area (Å²) in [4.78, 5) is 17.0. The van der Waals surface area contributed by atoms with Crippen LogP contribution in [0.1, 0.15) is 11.5 Å². The largest absolute Gasteiger partial charge is 0.381 e. The van der Waals surface area contributed by atoms with Crippen molar-refractivity contribution in [2.24, 2.45) is 0 Å². The molecule has 1 aromatic rings. The van der Waals surface area contributed by atoms with Crippen LogP contribution in [0.25, 0.3) is 0 Å². The molecular formula is C6H7N2OY-. The topological polar surface area (TPSA) is 45.8 Å². The van der Waals surface area contributed by atoms with Gasteiger partial charge in [-0.25, -0.2) is 0 Å². The zero-order valence-corrected chi connectivity index (χ0v) is 8.77. The number of aryl methyl sites for hydroxylation is 2. The van der Waals surface area contributed by atoms with Crippen molar-refractivity contribution in [3.63, 3.8) is 0 Å². The average Bonchev–Trinajstić information content (AvgIpc) is 1.59. The van der Waals surface area contributed by atoms with E-state index >= 15 is 0 Å². The molecule has 1 N–H and O–H groups in total. The van der Waals surface area contributed by atoms with Gasteiger partial charge >= 0.3 is 0 Å². The Morgan fingerprint density at radius 3 is 2.50 bits per heavy atom. The number of rotatable bonds is 0. The smallest absolute Gasteiger partial charge is 0.0997 e. The third-order valence-electron chi connectivity index (χ3n) is 0.924. The molecule has 0 saturated carbocycles. The van der Waals surface area contributed by atoms with Gasteiger partial charge in [-0.1, -0.05) is 6.92 Å². The molecule has 1 heterocycles. The Hall–Kier alpha value is -0.0161. The van der Waals surface area contributed by atoms with Gasteiger partial charge in [0.25, 0.3) is 0 Å². The Kier molecular flexibility index (Phi) is 3.98. The molecule has 0 aliphatic carbocycles. The van der Waals surface area contributed by atoms with E-state index in [0.29, 0.717) is 11.5 Å².